The number of hydrogen-bond acceptors (Lipinski definition) is 4. The maximum atomic E-state index is 11.5. The molecule has 1 aliphatic heterocycles. The highest BCUT2D eigenvalue weighted by molar-refractivity contribution is 7.89. The lowest BCUT2D eigenvalue weighted by molar-refractivity contribution is 0.469. The van der Waals surface area contributed by atoms with Gasteiger partial charge in [-0.05, 0) is 44.0 Å². The Bertz CT molecular complexity index is 572. The molecule has 0 radical (unpaired) electrons. The Morgan fingerprint density at radius 2 is 2.20 bits per heavy atom. The van der Waals surface area contributed by atoms with Crippen LogP contribution in [0.4, 0.5) is 0 Å². The third-order valence-corrected chi connectivity index (χ3v) is 5.27. The van der Waals surface area contributed by atoms with Gasteiger partial charge < -0.3 is 10.4 Å². The summed E-state index contributed by atoms with van der Waals surface area (Å²) in [5.41, 5.74) is 1.99. The van der Waals surface area contributed by atoms with Gasteiger partial charge in [0.1, 0.15) is 5.75 Å². The highest BCUT2D eigenvalue weighted by atomic mass is 32.2. The molecule has 5 nitrogen and oxygen atoms in total. The quantitative estimate of drug-likeness (QED) is 0.760. The van der Waals surface area contributed by atoms with Crippen molar-refractivity contribution in [3.8, 4) is 5.75 Å². The van der Waals surface area contributed by atoms with Crippen molar-refractivity contribution in [3.63, 3.8) is 0 Å². The summed E-state index contributed by atoms with van der Waals surface area (Å²) >= 11 is 0. The van der Waals surface area contributed by atoms with Crippen molar-refractivity contribution in [3.05, 3.63) is 29.3 Å². The number of aryl methyl sites for hydroxylation is 1. The summed E-state index contributed by atoms with van der Waals surface area (Å²) in [6.07, 6.45) is 0.975. The first-order valence-corrected chi connectivity index (χ1v) is 8.58. The third kappa shape index (κ3) is 3.50. The van der Waals surface area contributed by atoms with E-state index in [0.29, 0.717) is 12.3 Å². The average Bonchev–Trinajstić information content (AvgIpc) is 2.88. The second-order valence-corrected chi connectivity index (χ2v) is 7.35. The molecule has 2 atom stereocenters. The van der Waals surface area contributed by atoms with Crippen LogP contribution in [0.3, 0.4) is 0 Å². The summed E-state index contributed by atoms with van der Waals surface area (Å²) in [5, 5.41) is 12.9. The highest BCUT2D eigenvalue weighted by Crippen LogP contribution is 2.30. The van der Waals surface area contributed by atoms with Gasteiger partial charge in [-0.3, -0.25) is 0 Å². The molecule has 1 aromatic carbocycles. The summed E-state index contributed by atoms with van der Waals surface area (Å²) < 4.78 is 25.7. The van der Waals surface area contributed by atoms with Crippen LogP contribution in [0.1, 0.15) is 30.4 Å². The fraction of sp³-hybridized carbons (Fsp3) is 0.571. The normalized spacial score (nSPS) is 23.1. The maximum absolute atomic E-state index is 11.5. The summed E-state index contributed by atoms with van der Waals surface area (Å²) in [7, 11) is -3.16. The number of hydrogen-bond donors (Lipinski definition) is 3. The van der Waals surface area contributed by atoms with E-state index in [1.165, 1.54) is 0 Å². The fourth-order valence-corrected chi connectivity index (χ4v) is 3.25. The number of phenolic OH excluding ortho intramolecular Hbond substituents is 1. The van der Waals surface area contributed by atoms with Crippen molar-refractivity contribution >= 4 is 10.0 Å². The number of nitrogens with one attached hydrogen (secondary N) is 2. The van der Waals surface area contributed by atoms with Crippen LogP contribution in [0.15, 0.2) is 18.2 Å². The summed E-state index contributed by atoms with van der Waals surface area (Å²) in [5.74, 6) is 0.666. The van der Waals surface area contributed by atoms with Gasteiger partial charge in [0.15, 0.2) is 0 Å². The van der Waals surface area contributed by atoms with Gasteiger partial charge in [0.2, 0.25) is 10.0 Å². The van der Waals surface area contributed by atoms with Crippen molar-refractivity contribution in [2.24, 2.45) is 0 Å². The SMILES string of the molecule is CCS(=O)(=O)NC[C@@H]1NCC[C@@H]1c1ccc(O)c(C)c1. The Kier molecular flexibility index (Phi) is 4.67. The molecule has 0 saturated carbocycles. The van der Waals surface area contributed by atoms with Gasteiger partial charge in [0.05, 0.1) is 5.75 Å². The molecule has 1 aliphatic rings. The Morgan fingerprint density at radius 1 is 1.45 bits per heavy atom. The first-order chi connectivity index (χ1) is 9.43. The van der Waals surface area contributed by atoms with Crippen LogP contribution in [-0.2, 0) is 10.0 Å². The molecule has 1 heterocycles. The van der Waals surface area contributed by atoms with Crippen LogP contribution in [0.25, 0.3) is 0 Å². The van der Waals surface area contributed by atoms with Crippen LogP contribution < -0.4 is 10.0 Å². The number of benzene rings is 1. The molecule has 20 heavy (non-hydrogen) atoms. The van der Waals surface area contributed by atoms with E-state index in [1.807, 2.05) is 19.1 Å². The monoisotopic (exact) mass is 298 g/mol. The van der Waals surface area contributed by atoms with E-state index in [9.17, 15) is 13.5 Å². The van der Waals surface area contributed by atoms with E-state index in [2.05, 4.69) is 10.0 Å². The van der Waals surface area contributed by atoms with Crippen LogP contribution >= 0.6 is 0 Å². The molecule has 1 fully saturated rings. The molecule has 2 rings (SSSR count). The zero-order chi connectivity index (χ0) is 14.8. The van der Waals surface area contributed by atoms with Gasteiger partial charge in [0, 0.05) is 18.5 Å². The van der Waals surface area contributed by atoms with Gasteiger partial charge >= 0.3 is 0 Å². The Hall–Kier alpha value is -1.11. The molecule has 0 amide bonds. The van der Waals surface area contributed by atoms with E-state index in [0.717, 1.165) is 24.1 Å². The van der Waals surface area contributed by atoms with Crippen LogP contribution in [-0.4, -0.2) is 38.4 Å². The molecule has 6 heteroatoms. The number of rotatable bonds is 5. The topological polar surface area (TPSA) is 78.4 Å². The molecule has 0 aromatic heterocycles. The molecular formula is C14H22N2O3S. The van der Waals surface area contributed by atoms with Crippen LogP contribution in [0.5, 0.6) is 5.75 Å². The van der Waals surface area contributed by atoms with E-state index in [1.54, 1.807) is 13.0 Å². The molecule has 0 spiro atoms. The first kappa shape index (κ1) is 15.3. The number of phenols is 1. The van der Waals surface area contributed by atoms with Gasteiger partial charge in [-0.2, -0.15) is 0 Å². The molecule has 0 aliphatic carbocycles. The van der Waals surface area contributed by atoms with Crippen LogP contribution in [0, 0.1) is 6.92 Å². The van der Waals surface area contributed by atoms with E-state index in [4.69, 9.17) is 0 Å². The van der Waals surface area contributed by atoms with Crippen molar-refractivity contribution in [2.45, 2.75) is 32.2 Å². The molecule has 1 aromatic rings. The average molecular weight is 298 g/mol. The molecule has 0 unspecified atom stereocenters. The van der Waals surface area contributed by atoms with Crippen molar-refractivity contribution in [1.82, 2.24) is 10.0 Å². The van der Waals surface area contributed by atoms with Gasteiger partial charge in [-0.1, -0.05) is 12.1 Å². The first-order valence-electron chi connectivity index (χ1n) is 6.93. The molecular weight excluding hydrogens is 276 g/mol. The lowest BCUT2D eigenvalue weighted by atomic mass is 9.91. The highest BCUT2D eigenvalue weighted by Gasteiger charge is 2.29. The molecule has 0 bridgehead atoms. The lowest BCUT2D eigenvalue weighted by Crippen LogP contribution is -2.40. The minimum Gasteiger partial charge on any atom is -0.508 e. The van der Waals surface area contributed by atoms with Crippen LogP contribution in [0.2, 0.25) is 0 Å². The predicted molar refractivity (Wildman–Crippen MR) is 79.5 cm³/mol. The minimum absolute atomic E-state index is 0.0975. The van der Waals surface area contributed by atoms with E-state index >= 15 is 0 Å². The van der Waals surface area contributed by atoms with Crippen molar-refractivity contribution in [1.29, 1.82) is 0 Å². The zero-order valence-corrected chi connectivity index (χ0v) is 12.7. The van der Waals surface area contributed by atoms with Gasteiger partial charge in [-0.25, -0.2) is 13.1 Å². The minimum atomic E-state index is -3.16. The molecule has 1 saturated heterocycles. The van der Waals surface area contributed by atoms with Gasteiger partial charge in [0.25, 0.3) is 0 Å². The molecule has 112 valence electrons. The Labute approximate surface area is 120 Å². The third-order valence-electron chi connectivity index (χ3n) is 3.90. The maximum Gasteiger partial charge on any atom is 0.211 e. The predicted octanol–water partition coefficient (Wildman–Crippen LogP) is 1.09. The largest absolute Gasteiger partial charge is 0.508 e. The van der Waals surface area contributed by atoms with E-state index in [-0.39, 0.29) is 17.7 Å². The fourth-order valence-electron chi connectivity index (χ4n) is 2.61. The van der Waals surface area contributed by atoms with Gasteiger partial charge in [-0.15, -0.1) is 0 Å². The second kappa shape index (κ2) is 6.11. The second-order valence-electron chi connectivity index (χ2n) is 5.25. The smallest absolute Gasteiger partial charge is 0.211 e. The molecule has 3 N–H and O–H groups in total. The lowest BCUT2D eigenvalue weighted by Gasteiger charge is -2.21. The number of aromatic hydroxyl groups is 1. The Balaban J connectivity index is 2.09. The van der Waals surface area contributed by atoms with Crippen molar-refractivity contribution < 1.29 is 13.5 Å². The number of sulfonamides is 1. The van der Waals surface area contributed by atoms with Crippen molar-refractivity contribution in [2.75, 3.05) is 18.8 Å². The zero-order valence-electron chi connectivity index (χ0n) is 11.9. The van der Waals surface area contributed by atoms with E-state index < -0.39 is 10.0 Å². The summed E-state index contributed by atoms with van der Waals surface area (Å²) in [6.45, 7) is 4.78. The standard InChI is InChI=1S/C14H22N2O3S/c1-3-20(18,19)16-9-13-12(6-7-15-13)11-4-5-14(17)10(2)8-11/h4-5,8,12-13,15-17H,3,6-7,9H2,1-2H3/t12-,13+/m1/s1. The summed E-state index contributed by atoms with van der Waals surface area (Å²) in [4.78, 5) is 0. The Morgan fingerprint density at radius 3 is 2.85 bits per heavy atom. The summed E-state index contributed by atoms with van der Waals surface area (Å²) in [6, 6.07) is 5.70.